The molecule has 0 radical (unpaired) electrons. The van der Waals surface area contributed by atoms with Crippen LogP contribution in [-0.4, -0.2) is 18.5 Å². The highest BCUT2D eigenvalue weighted by molar-refractivity contribution is 6.04. The number of anilines is 3. The van der Waals surface area contributed by atoms with Gasteiger partial charge >= 0.3 is 5.97 Å². The molecule has 3 aromatic carbocycles. The Bertz CT molecular complexity index is 905. The molecule has 27 heavy (non-hydrogen) atoms. The fraction of sp³-hybridized carbons (Fsp3) is 0.0909. The predicted octanol–water partition coefficient (Wildman–Crippen LogP) is 4.86. The molecule has 0 aliphatic heterocycles. The van der Waals surface area contributed by atoms with E-state index in [1.807, 2.05) is 54.6 Å². The molecule has 1 amide bonds. The third kappa shape index (κ3) is 4.95. The van der Waals surface area contributed by atoms with E-state index in [9.17, 15) is 9.59 Å². The summed E-state index contributed by atoms with van der Waals surface area (Å²) in [6.45, 7) is 2.13. The highest BCUT2D eigenvalue weighted by Gasteiger charge is 2.07. The van der Waals surface area contributed by atoms with E-state index in [0.717, 1.165) is 11.4 Å². The Balaban J connectivity index is 1.60. The maximum atomic E-state index is 12.2. The van der Waals surface area contributed by atoms with E-state index in [1.54, 1.807) is 31.2 Å². The average Bonchev–Trinajstić information content (AvgIpc) is 2.71. The Morgan fingerprint density at radius 2 is 1.30 bits per heavy atom. The van der Waals surface area contributed by atoms with Crippen molar-refractivity contribution in [3.8, 4) is 0 Å². The van der Waals surface area contributed by atoms with Gasteiger partial charge in [0.05, 0.1) is 12.2 Å². The summed E-state index contributed by atoms with van der Waals surface area (Å²) in [7, 11) is 0. The molecule has 0 fully saturated rings. The fourth-order valence-corrected chi connectivity index (χ4v) is 2.50. The number of hydrogen-bond donors (Lipinski definition) is 2. The van der Waals surface area contributed by atoms with Crippen LogP contribution in [0.25, 0.3) is 0 Å². The Kier molecular flexibility index (Phi) is 5.84. The SMILES string of the molecule is CCOC(=O)c1ccc(Nc2ccc(NC(=O)c3ccccc3)cc2)cc1. The Morgan fingerprint density at radius 3 is 1.89 bits per heavy atom. The van der Waals surface area contributed by atoms with Crippen LogP contribution in [0.4, 0.5) is 17.1 Å². The normalized spacial score (nSPS) is 10.1. The van der Waals surface area contributed by atoms with Crippen LogP contribution in [0.3, 0.4) is 0 Å². The van der Waals surface area contributed by atoms with E-state index in [-0.39, 0.29) is 11.9 Å². The van der Waals surface area contributed by atoms with Crippen molar-refractivity contribution >= 4 is 28.9 Å². The van der Waals surface area contributed by atoms with Crippen LogP contribution in [0.1, 0.15) is 27.6 Å². The molecule has 0 saturated carbocycles. The van der Waals surface area contributed by atoms with Gasteiger partial charge in [-0.2, -0.15) is 0 Å². The zero-order valence-electron chi connectivity index (χ0n) is 14.9. The lowest BCUT2D eigenvalue weighted by Gasteiger charge is -2.09. The van der Waals surface area contributed by atoms with Gasteiger partial charge in [-0.25, -0.2) is 4.79 Å². The molecule has 0 aliphatic carbocycles. The highest BCUT2D eigenvalue weighted by atomic mass is 16.5. The molecule has 2 N–H and O–H groups in total. The van der Waals surface area contributed by atoms with E-state index in [4.69, 9.17) is 4.74 Å². The summed E-state index contributed by atoms with van der Waals surface area (Å²) in [6.07, 6.45) is 0. The fourth-order valence-electron chi connectivity index (χ4n) is 2.50. The zero-order valence-corrected chi connectivity index (χ0v) is 14.9. The number of esters is 1. The summed E-state index contributed by atoms with van der Waals surface area (Å²) in [5.41, 5.74) is 3.57. The summed E-state index contributed by atoms with van der Waals surface area (Å²) in [4.78, 5) is 23.8. The lowest BCUT2D eigenvalue weighted by Crippen LogP contribution is -2.11. The van der Waals surface area contributed by atoms with Crippen LogP contribution >= 0.6 is 0 Å². The minimum Gasteiger partial charge on any atom is -0.462 e. The first-order valence-electron chi connectivity index (χ1n) is 8.66. The summed E-state index contributed by atoms with van der Waals surface area (Å²) in [6, 6.07) is 23.5. The lowest BCUT2D eigenvalue weighted by atomic mass is 10.2. The number of carbonyl (C=O) groups excluding carboxylic acids is 2. The minimum atomic E-state index is -0.331. The topological polar surface area (TPSA) is 67.4 Å². The third-order valence-electron chi connectivity index (χ3n) is 3.86. The van der Waals surface area contributed by atoms with Crippen molar-refractivity contribution in [1.82, 2.24) is 0 Å². The number of ether oxygens (including phenoxy) is 1. The number of benzene rings is 3. The average molecular weight is 360 g/mol. The maximum absolute atomic E-state index is 12.2. The molecule has 0 bridgehead atoms. The monoisotopic (exact) mass is 360 g/mol. The van der Waals surface area contributed by atoms with E-state index < -0.39 is 0 Å². The first-order chi connectivity index (χ1) is 13.2. The quantitative estimate of drug-likeness (QED) is 0.616. The van der Waals surface area contributed by atoms with Crippen LogP contribution in [0.5, 0.6) is 0 Å². The molecule has 0 heterocycles. The van der Waals surface area contributed by atoms with Crippen molar-refractivity contribution < 1.29 is 14.3 Å². The van der Waals surface area contributed by atoms with Gasteiger partial charge in [0.1, 0.15) is 0 Å². The van der Waals surface area contributed by atoms with E-state index in [2.05, 4.69) is 10.6 Å². The highest BCUT2D eigenvalue weighted by Crippen LogP contribution is 2.20. The minimum absolute atomic E-state index is 0.147. The Labute approximate surface area is 158 Å². The second-order valence-corrected chi connectivity index (χ2v) is 5.82. The van der Waals surface area contributed by atoms with Gasteiger partial charge in [-0.1, -0.05) is 18.2 Å². The smallest absolute Gasteiger partial charge is 0.338 e. The van der Waals surface area contributed by atoms with Gasteiger partial charge in [0.2, 0.25) is 0 Å². The molecule has 0 aliphatic rings. The van der Waals surface area contributed by atoms with Gasteiger partial charge in [-0.05, 0) is 67.6 Å². The summed E-state index contributed by atoms with van der Waals surface area (Å²) < 4.78 is 4.97. The summed E-state index contributed by atoms with van der Waals surface area (Å²) in [5.74, 6) is -0.478. The summed E-state index contributed by atoms with van der Waals surface area (Å²) in [5, 5.41) is 6.11. The molecule has 5 heteroatoms. The number of nitrogens with one attached hydrogen (secondary N) is 2. The molecule has 5 nitrogen and oxygen atoms in total. The van der Waals surface area contributed by atoms with E-state index in [1.165, 1.54) is 0 Å². The van der Waals surface area contributed by atoms with Gasteiger partial charge in [0.15, 0.2) is 0 Å². The van der Waals surface area contributed by atoms with Crippen LogP contribution in [-0.2, 0) is 4.74 Å². The molecule has 136 valence electrons. The third-order valence-corrected chi connectivity index (χ3v) is 3.86. The number of rotatable bonds is 6. The van der Waals surface area contributed by atoms with Crippen LogP contribution in [0.2, 0.25) is 0 Å². The first-order valence-corrected chi connectivity index (χ1v) is 8.66. The van der Waals surface area contributed by atoms with Gasteiger partial charge < -0.3 is 15.4 Å². The Hall–Kier alpha value is -3.60. The zero-order chi connectivity index (χ0) is 19.1. The summed E-state index contributed by atoms with van der Waals surface area (Å²) >= 11 is 0. The van der Waals surface area contributed by atoms with Crippen LogP contribution < -0.4 is 10.6 Å². The van der Waals surface area contributed by atoms with Gasteiger partial charge in [0.25, 0.3) is 5.91 Å². The largest absolute Gasteiger partial charge is 0.462 e. The molecule has 0 aromatic heterocycles. The van der Waals surface area contributed by atoms with Crippen LogP contribution in [0.15, 0.2) is 78.9 Å². The van der Waals surface area contributed by atoms with Gasteiger partial charge in [-0.15, -0.1) is 0 Å². The van der Waals surface area contributed by atoms with Gasteiger partial charge in [-0.3, -0.25) is 4.79 Å². The second-order valence-electron chi connectivity index (χ2n) is 5.82. The predicted molar refractivity (Wildman–Crippen MR) is 107 cm³/mol. The van der Waals surface area contributed by atoms with E-state index in [0.29, 0.717) is 23.4 Å². The maximum Gasteiger partial charge on any atom is 0.338 e. The number of carbonyl (C=O) groups is 2. The molecule has 0 atom stereocenters. The molecular formula is C22H20N2O3. The van der Waals surface area contributed by atoms with Crippen molar-refractivity contribution in [3.63, 3.8) is 0 Å². The van der Waals surface area contributed by atoms with Crippen LogP contribution in [0, 0.1) is 0 Å². The number of hydrogen-bond acceptors (Lipinski definition) is 4. The molecule has 3 rings (SSSR count). The van der Waals surface area contributed by atoms with Crippen molar-refractivity contribution in [2.24, 2.45) is 0 Å². The van der Waals surface area contributed by atoms with Crippen molar-refractivity contribution in [1.29, 1.82) is 0 Å². The van der Waals surface area contributed by atoms with Crippen molar-refractivity contribution in [2.45, 2.75) is 6.92 Å². The Morgan fingerprint density at radius 1 is 0.741 bits per heavy atom. The molecule has 0 saturated heterocycles. The lowest BCUT2D eigenvalue weighted by molar-refractivity contribution is 0.0526. The molecule has 0 unspecified atom stereocenters. The van der Waals surface area contributed by atoms with E-state index >= 15 is 0 Å². The van der Waals surface area contributed by atoms with Gasteiger partial charge in [0, 0.05) is 22.6 Å². The second kappa shape index (κ2) is 8.67. The molecular weight excluding hydrogens is 340 g/mol. The van der Waals surface area contributed by atoms with Crippen molar-refractivity contribution in [3.05, 3.63) is 90.0 Å². The number of amides is 1. The standard InChI is InChI=1S/C22H20N2O3/c1-2-27-22(26)17-8-10-18(11-9-17)23-19-12-14-20(15-13-19)24-21(25)16-6-4-3-5-7-16/h3-15,23H,2H2,1H3,(H,24,25). The molecule has 0 spiro atoms. The molecule has 3 aromatic rings. The first kappa shape index (κ1) is 18.2. The van der Waals surface area contributed by atoms with Crippen molar-refractivity contribution in [2.75, 3.05) is 17.2 Å².